The maximum absolute atomic E-state index is 13.5. The molecule has 0 heterocycles. The van der Waals surface area contributed by atoms with Crippen LogP contribution in [0.2, 0.25) is 0 Å². The highest BCUT2D eigenvalue weighted by Crippen LogP contribution is 2.28. The van der Waals surface area contributed by atoms with Gasteiger partial charge in [-0.2, -0.15) is 17.6 Å². The minimum absolute atomic E-state index is 0.00526. The molecule has 348 valence electrons. The van der Waals surface area contributed by atoms with Crippen molar-refractivity contribution in [3.63, 3.8) is 0 Å². The molecule has 2 rings (SSSR count). The number of ether oxygens (including phenoxy) is 13. The molecule has 0 aliphatic rings. The monoisotopic (exact) mass is 898 g/mol. The molecule has 0 aromatic heterocycles. The third-order valence-electron chi connectivity index (χ3n) is 7.20. The van der Waals surface area contributed by atoms with Crippen LogP contribution in [0.4, 0.5) is 35.1 Å². The Balaban J connectivity index is 1.21. The van der Waals surface area contributed by atoms with E-state index in [4.69, 9.17) is 52.1 Å². The van der Waals surface area contributed by atoms with Crippen LogP contribution >= 0.6 is 0 Å². The highest BCUT2D eigenvalue weighted by Gasteiger charge is 2.24. The number of carbonyl (C=O) groups is 2. The Morgan fingerprint density at radius 3 is 0.639 bits per heavy atom. The van der Waals surface area contributed by atoms with Crippen molar-refractivity contribution < 1.29 is 106 Å². The summed E-state index contributed by atoms with van der Waals surface area (Å²) in [6, 6.07) is 0.0105. The maximum atomic E-state index is 13.5. The smallest absolute Gasteiger partial charge is 0.313 e. The molecule has 23 heteroatoms. The molecule has 0 bridgehead atoms. The molecule has 2 aromatic carbocycles. The number of hydrogen-bond donors (Lipinski definition) is 0. The van der Waals surface area contributed by atoms with Gasteiger partial charge in [0.1, 0.15) is 0 Å². The minimum Gasteiger partial charge on any atom is -0.420 e. The molecule has 0 unspecified atom stereocenters. The zero-order valence-electron chi connectivity index (χ0n) is 33.3. The van der Waals surface area contributed by atoms with Crippen LogP contribution in [0, 0.1) is 46.5 Å². The van der Waals surface area contributed by atoms with E-state index in [2.05, 4.69) is 9.47 Å². The Kier molecular flexibility index (Phi) is 29.8. The summed E-state index contributed by atoms with van der Waals surface area (Å²) >= 11 is 0. The number of rotatable bonds is 38. The van der Waals surface area contributed by atoms with Gasteiger partial charge in [-0.3, -0.25) is 9.59 Å². The summed E-state index contributed by atoms with van der Waals surface area (Å²) in [5, 5.41) is 0. The average Bonchev–Trinajstić information content (AvgIpc) is 3.23. The molecule has 0 atom stereocenters. The molecular formula is C38H50F8O15. The van der Waals surface area contributed by atoms with Crippen LogP contribution in [-0.4, -0.2) is 157 Å². The largest absolute Gasteiger partial charge is 0.420 e. The van der Waals surface area contributed by atoms with Crippen LogP contribution in [0.15, 0.2) is 12.1 Å². The average molecular weight is 899 g/mol. The fourth-order valence-corrected chi connectivity index (χ4v) is 4.22. The van der Waals surface area contributed by atoms with Gasteiger partial charge in [0.15, 0.2) is 23.3 Å². The highest BCUT2D eigenvalue weighted by molar-refractivity contribution is 5.73. The zero-order valence-corrected chi connectivity index (χ0v) is 33.3. The van der Waals surface area contributed by atoms with Crippen molar-refractivity contribution in [2.45, 2.75) is 12.8 Å². The highest BCUT2D eigenvalue weighted by atomic mass is 19.2. The van der Waals surface area contributed by atoms with Crippen LogP contribution in [0.3, 0.4) is 0 Å². The number of benzene rings is 2. The first-order chi connectivity index (χ1) is 29.5. The molecule has 0 aliphatic carbocycles. The van der Waals surface area contributed by atoms with Crippen LogP contribution in [0.1, 0.15) is 12.8 Å². The molecule has 0 spiro atoms. The lowest BCUT2D eigenvalue weighted by Crippen LogP contribution is -2.16. The van der Waals surface area contributed by atoms with Gasteiger partial charge < -0.3 is 61.6 Å². The molecule has 0 aliphatic heterocycles. The molecule has 0 amide bonds. The van der Waals surface area contributed by atoms with E-state index in [0.717, 1.165) is 0 Å². The van der Waals surface area contributed by atoms with Crippen LogP contribution in [0.5, 0.6) is 11.5 Å². The van der Waals surface area contributed by atoms with Gasteiger partial charge in [0.25, 0.3) is 0 Å². The maximum Gasteiger partial charge on any atom is 0.313 e. The quantitative estimate of drug-likeness (QED) is 0.0310. The van der Waals surface area contributed by atoms with Crippen molar-refractivity contribution in [2.75, 3.05) is 145 Å². The minimum atomic E-state index is -1.81. The van der Waals surface area contributed by atoms with E-state index in [1.54, 1.807) is 0 Å². The third-order valence-corrected chi connectivity index (χ3v) is 7.20. The second kappa shape index (κ2) is 33.9. The van der Waals surface area contributed by atoms with Crippen molar-refractivity contribution >= 4 is 11.9 Å². The van der Waals surface area contributed by atoms with Crippen LogP contribution < -0.4 is 9.47 Å². The predicted octanol–water partition coefficient (Wildman–Crippen LogP) is 4.27. The van der Waals surface area contributed by atoms with E-state index in [0.29, 0.717) is 92.5 Å². The first kappa shape index (κ1) is 53.5. The van der Waals surface area contributed by atoms with Crippen molar-refractivity contribution in [3.05, 3.63) is 58.7 Å². The fraction of sp³-hybridized carbons (Fsp3) is 0.632. The second-order valence-electron chi connectivity index (χ2n) is 11.8. The first-order valence-electron chi connectivity index (χ1n) is 18.9. The van der Waals surface area contributed by atoms with Crippen molar-refractivity contribution in [3.8, 4) is 11.5 Å². The molecule has 0 N–H and O–H groups in total. The number of hydrogen-bond acceptors (Lipinski definition) is 15. The van der Waals surface area contributed by atoms with E-state index in [1.165, 1.54) is 0 Å². The molecule has 0 saturated carbocycles. The van der Waals surface area contributed by atoms with E-state index >= 15 is 0 Å². The molecular weight excluding hydrogens is 848 g/mol. The Morgan fingerprint density at radius 1 is 0.295 bits per heavy atom. The van der Waals surface area contributed by atoms with E-state index in [-0.39, 0.29) is 65.0 Å². The normalized spacial score (nSPS) is 11.4. The Bertz CT molecular complexity index is 1370. The first-order valence-corrected chi connectivity index (χ1v) is 18.9. The summed E-state index contributed by atoms with van der Waals surface area (Å²) in [5.41, 5.74) is 0. The zero-order chi connectivity index (χ0) is 44.5. The summed E-state index contributed by atoms with van der Waals surface area (Å²) in [6.07, 6.45) is -0.826. The Morgan fingerprint density at radius 2 is 0.459 bits per heavy atom. The Hall–Kier alpha value is -3.62. The van der Waals surface area contributed by atoms with Crippen LogP contribution in [0.25, 0.3) is 0 Å². The SMILES string of the molecule is O=C(CCOCCOCCOCCOCCOCCOCCOCCOCCOCCOCCOCCC(=O)Oc1c(F)c(F)cc(F)c1F)Oc1c(F)c(F)cc(F)c1F. The lowest BCUT2D eigenvalue weighted by Gasteiger charge is -2.09. The van der Waals surface area contributed by atoms with Gasteiger partial charge >= 0.3 is 11.9 Å². The summed E-state index contributed by atoms with van der Waals surface area (Å²) in [4.78, 5) is 23.3. The standard InChI is InChI=1S/C38H50F8O15/c39-27-25-28(40)34(44)37(33(27)43)60-31(47)1-3-49-5-7-51-9-11-53-13-15-55-17-19-57-21-23-59-24-22-58-20-18-56-16-14-54-12-10-52-8-6-50-4-2-32(48)61-38-35(45)29(41)26-30(42)36(38)46/h25-26H,1-24H2. The van der Waals surface area contributed by atoms with Crippen LogP contribution in [-0.2, 0) is 61.7 Å². The molecule has 2 aromatic rings. The van der Waals surface area contributed by atoms with Gasteiger partial charge in [-0.15, -0.1) is 0 Å². The molecule has 15 nitrogen and oxygen atoms in total. The summed E-state index contributed by atoms with van der Waals surface area (Å²) < 4.78 is 174. The van der Waals surface area contributed by atoms with Gasteiger partial charge in [0.05, 0.1) is 158 Å². The van der Waals surface area contributed by atoms with Crippen molar-refractivity contribution in [1.29, 1.82) is 0 Å². The van der Waals surface area contributed by atoms with E-state index in [9.17, 15) is 44.7 Å². The van der Waals surface area contributed by atoms with Crippen molar-refractivity contribution in [1.82, 2.24) is 0 Å². The Labute approximate surface area is 346 Å². The number of carbonyl (C=O) groups excluding carboxylic acids is 2. The van der Waals surface area contributed by atoms with Gasteiger partial charge in [0, 0.05) is 12.1 Å². The molecule has 0 saturated heterocycles. The van der Waals surface area contributed by atoms with Crippen molar-refractivity contribution in [2.24, 2.45) is 0 Å². The van der Waals surface area contributed by atoms with Gasteiger partial charge in [0.2, 0.25) is 34.8 Å². The second-order valence-corrected chi connectivity index (χ2v) is 11.8. The topological polar surface area (TPSA) is 154 Å². The van der Waals surface area contributed by atoms with Gasteiger partial charge in [-0.25, -0.2) is 17.6 Å². The predicted molar refractivity (Wildman–Crippen MR) is 192 cm³/mol. The fourth-order valence-electron chi connectivity index (χ4n) is 4.22. The van der Waals surface area contributed by atoms with E-state index in [1.807, 2.05) is 0 Å². The molecule has 0 radical (unpaired) electrons. The summed E-state index contributed by atoms with van der Waals surface area (Å²) in [6.45, 7) is 5.87. The number of halogens is 8. The lowest BCUT2D eigenvalue weighted by molar-refractivity contribution is -0.137. The summed E-state index contributed by atoms with van der Waals surface area (Å²) in [5.74, 6) is -19.2. The summed E-state index contributed by atoms with van der Waals surface area (Å²) in [7, 11) is 0. The third kappa shape index (κ3) is 24.6. The van der Waals surface area contributed by atoms with Gasteiger partial charge in [-0.05, 0) is 0 Å². The molecule has 61 heavy (non-hydrogen) atoms. The molecule has 0 fully saturated rings. The number of esters is 2. The lowest BCUT2D eigenvalue weighted by atomic mass is 10.3. The van der Waals surface area contributed by atoms with Gasteiger partial charge in [-0.1, -0.05) is 0 Å². The van der Waals surface area contributed by atoms with E-state index < -0.39 is 82.8 Å².